The van der Waals surface area contributed by atoms with E-state index in [4.69, 9.17) is 11.6 Å². The minimum Gasteiger partial charge on any atom is -0.369 e. The number of aromatic nitrogens is 3. The molecule has 0 spiro atoms. The van der Waals surface area contributed by atoms with Crippen LogP contribution in [0.1, 0.15) is 25.8 Å². The van der Waals surface area contributed by atoms with Crippen molar-refractivity contribution < 1.29 is 0 Å². The van der Waals surface area contributed by atoms with Crippen LogP contribution in [0.2, 0.25) is 5.02 Å². The fourth-order valence-corrected chi connectivity index (χ4v) is 2.05. The van der Waals surface area contributed by atoms with E-state index in [0.29, 0.717) is 11.9 Å². The summed E-state index contributed by atoms with van der Waals surface area (Å²) < 4.78 is 0. The molecule has 0 saturated heterocycles. The van der Waals surface area contributed by atoms with Gasteiger partial charge in [0.05, 0.1) is 6.20 Å². The normalized spacial score (nSPS) is 10.7. The zero-order valence-electron chi connectivity index (χ0n) is 13.0. The highest BCUT2D eigenvalue weighted by molar-refractivity contribution is 6.30. The van der Waals surface area contributed by atoms with Gasteiger partial charge >= 0.3 is 0 Å². The number of hydrogen-bond acceptors (Lipinski definition) is 5. The predicted octanol–water partition coefficient (Wildman–Crippen LogP) is 3.64. The number of benzene rings is 1. The van der Waals surface area contributed by atoms with Crippen molar-refractivity contribution in [3.8, 4) is 0 Å². The van der Waals surface area contributed by atoms with E-state index in [0.717, 1.165) is 36.8 Å². The second kappa shape index (κ2) is 8.54. The molecule has 2 rings (SSSR count). The molecule has 5 nitrogen and oxygen atoms in total. The van der Waals surface area contributed by atoms with Gasteiger partial charge in [-0.3, -0.25) is 0 Å². The van der Waals surface area contributed by atoms with Crippen molar-refractivity contribution >= 4 is 23.4 Å². The third kappa shape index (κ3) is 5.85. The lowest BCUT2D eigenvalue weighted by Crippen LogP contribution is -2.11. The van der Waals surface area contributed by atoms with Gasteiger partial charge < -0.3 is 10.6 Å². The van der Waals surface area contributed by atoms with Crippen LogP contribution in [0.4, 0.5) is 11.8 Å². The Hall–Kier alpha value is -1.88. The van der Waals surface area contributed by atoms with E-state index in [-0.39, 0.29) is 0 Å². The molecular formula is C16H22ClN5. The number of anilines is 2. The smallest absolute Gasteiger partial charge is 0.244 e. The van der Waals surface area contributed by atoms with Gasteiger partial charge in [-0.25, -0.2) is 0 Å². The van der Waals surface area contributed by atoms with E-state index in [2.05, 4.69) is 39.7 Å². The first kappa shape index (κ1) is 16.5. The number of nitrogens with zero attached hydrogens (tertiary/aromatic N) is 3. The molecule has 0 amide bonds. The van der Waals surface area contributed by atoms with Crippen LogP contribution < -0.4 is 10.6 Å². The molecule has 0 fully saturated rings. The van der Waals surface area contributed by atoms with E-state index >= 15 is 0 Å². The third-order valence-electron chi connectivity index (χ3n) is 3.20. The molecular weight excluding hydrogens is 298 g/mol. The topological polar surface area (TPSA) is 62.7 Å². The first-order valence-corrected chi connectivity index (χ1v) is 7.93. The lowest BCUT2D eigenvalue weighted by molar-refractivity contribution is 0.606. The predicted molar refractivity (Wildman–Crippen MR) is 91.4 cm³/mol. The van der Waals surface area contributed by atoms with Gasteiger partial charge in [0.2, 0.25) is 5.95 Å². The number of hydrogen-bond donors (Lipinski definition) is 2. The van der Waals surface area contributed by atoms with Crippen LogP contribution in [-0.4, -0.2) is 28.3 Å². The number of halogens is 1. The van der Waals surface area contributed by atoms with Crippen molar-refractivity contribution in [1.29, 1.82) is 0 Å². The summed E-state index contributed by atoms with van der Waals surface area (Å²) in [6.45, 7) is 6.03. The van der Waals surface area contributed by atoms with Crippen molar-refractivity contribution in [2.24, 2.45) is 5.92 Å². The summed E-state index contributed by atoms with van der Waals surface area (Å²) in [6.07, 6.45) is 3.62. The monoisotopic (exact) mass is 319 g/mol. The molecule has 1 heterocycles. The first-order valence-electron chi connectivity index (χ1n) is 7.55. The number of nitrogens with one attached hydrogen (secondary N) is 2. The fourth-order valence-electron chi connectivity index (χ4n) is 1.92. The molecule has 22 heavy (non-hydrogen) atoms. The second-order valence-corrected chi connectivity index (χ2v) is 6.01. The zero-order chi connectivity index (χ0) is 15.8. The van der Waals surface area contributed by atoms with Crippen LogP contribution in [0.15, 0.2) is 30.5 Å². The molecule has 118 valence electrons. The van der Waals surface area contributed by atoms with Crippen molar-refractivity contribution in [3.05, 3.63) is 41.0 Å². The summed E-state index contributed by atoms with van der Waals surface area (Å²) in [4.78, 5) is 4.40. The Kier molecular flexibility index (Phi) is 6.40. The minimum absolute atomic E-state index is 0.545. The Balaban J connectivity index is 1.78. The molecule has 0 radical (unpaired) electrons. The van der Waals surface area contributed by atoms with Gasteiger partial charge in [-0.2, -0.15) is 10.1 Å². The van der Waals surface area contributed by atoms with Gasteiger partial charge in [0.25, 0.3) is 0 Å². The largest absolute Gasteiger partial charge is 0.369 e. The van der Waals surface area contributed by atoms with Gasteiger partial charge in [0, 0.05) is 18.1 Å². The maximum Gasteiger partial charge on any atom is 0.244 e. The van der Waals surface area contributed by atoms with Crippen molar-refractivity contribution in [2.45, 2.75) is 26.7 Å². The van der Waals surface area contributed by atoms with Crippen LogP contribution in [0, 0.1) is 5.92 Å². The standard InChI is InChI=1S/C16H22ClN5/c1-12(2)7-9-18-15-11-20-22-16(21-15)19-10-8-13-3-5-14(17)6-4-13/h3-6,11-12H,7-10H2,1-2H3,(H2,18,19,21,22). The average molecular weight is 320 g/mol. The van der Waals surface area contributed by atoms with Crippen LogP contribution in [-0.2, 0) is 6.42 Å². The van der Waals surface area contributed by atoms with Gasteiger partial charge in [0.15, 0.2) is 0 Å². The molecule has 2 aromatic rings. The van der Waals surface area contributed by atoms with Crippen LogP contribution in [0.25, 0.3) is 0 Å². The first-order chi connectivity index (χ1) is 10.6. The highest BCUT2D eigenvalue weighted by Gasteiger charge is 2.01. The number of rotatable bonds is 8. The third-order valence-corrected chi connectivity index (χ3v) is 3.45. The summed E-state index contributed by atoms with van der Waals surface area (Å²) in [5, 5.41) is 15.2. The van der Waals surface area contributed by atoms with Gasteiger partial charge in [-0.15, -0.1) is 5.10 Å². The highest BCUT2D eigenvalue weighted by Crippen LogP contribution is 2.10. The second-order valence-electron chi connectivity index (χ2n) is 5.58. The molecule has 0 aliphatic rings. The lowest BCUT2D eigenvalue weighted by atomic mass is 10.1. The van der Waals surface area contributed by atoms with Crippen molar-refractivity contribution in [3.63, 3.8) is 0 Å². The molecule has 0 aliphatic heterocycles. The highest BCUT2D eigenvalue weighted by atomic mass is 35.5. The van der Waals surface area contributed by atoms with Crippen molar-refractivity contribution in [2.75, 3.05) is 23.7 Å². The van der Waals surface area contributed by atoms with E-state index in [9.17, 15) is 0 Å². The van der Waals surface area contributed by atoms with Crippen LogP contribution in [0.3, 0.4) is 0 Å². The Morgan fingerprint density at radius 2 is 1.86 bits per heavy atom. The summed E-state index contributed by atoms with van der Waals surface area (Å²) in [5.74, 6) is 1.97. The lowest BCUT2D eigenvalue weighted by Gasteiger charge is -2.09. The molecule has 0 unspecified atom stereocenters. The minimum atomic E-state index is 0.545. The zero-order valence-corrected chi connectivity index (χ0v) is 13.8. The summed E-state index contributed by atoms with van der Waals surface area (Å²) >= 11 is 5.87. The maximum atomic E-state index is 5.87. The van der Waals surface area contributed by atoms with E-state index in [1.807, 2.05) is 24.3 Å². The molecule has 0 aliphatic carbocycles. The summed E-state index contributed by atoms with van der Waals surface area (Å²) in [7, 11) is 0. The van der Waals surface area contributed by atoms with E-state index in [1.165, 1.54) is 5.56 Å². The summed E-state index contributed by atoms with van der Waals surface area (Å²) in [5.41, 5.74) is 1.22. The van der Waals surface area contributed by atoms with E-state index < -0.39 is 0 Å². The fraction of sp³-hybridized carbons (Fsp3) is 0.438. The van der Waals surface area contributed by atoms with Gasteiger partial charge in [-0.1, -0.05) is 37.6 Å². The molecule has 6 heteroatoms. The van der Waals surface area contributed by atoms with Crippen molar-refractivity contribution in [1.82, 2.24) is 15.2 Å². The summed E-state index contributed by atoms with van der Waals surface area (Å²) in [6, 6.07) is 7.84. The molecule has 2 N–H and O–H groups in total. The van der Waals surface area contributed by atoms with Crippen LogP contribution in [0.5, 0.6) is 0 Å². The van der Waals surface area contributed by atoms with E-state index in [1.54, 1.807) is 6.20 Å². The molecule has 1 aromatic carbocycles. The quantitative estimate of drug-likeness (QED) is 0.778. The Labute approximate surface area is 136 Å². The molecule has 1 aromatic heterocycles. The Morgan fingerprint density at radius 1 is 1.09 bits per heavy atom. The SMILES string of the molecule is CC(C)CCNc1cnnc(NCCc2ccc(Cl)cc2)n1. The Morgan fingerprint density at radius 3 is 2.59 bits per heavy atom. The average Bonchev–Trinajstić information content (AvgIpc) is 2.49. The molecule has 0 bridgehead atoms. The Bertz CT molecular complexity index is 571. The van der Waals surface area contributed by atoms with Crippen LogP contribution >= 0.6 is 11.6 Å². The maximum absolute atomic E-state index is 5.87. The van der Waals surface area contributed by atoms with Gasteiger partial charge in [-0.05, 0) is 36.5 Å². The van der Waals surface area contributed by atoms with Gasteiger partial charge in [0.1, 0.15) is 5.82 Å². The molecule has 0 saturated carbocycles. The molecule has 0 atom stereocenters.